The van der Waals surface area contributed by atoms with E-state index < -0.39 is 0 Å². The van der Waals surface area contributed by atoms with Gasteiger partial charge in [-0.25, -0.2) is 0 Å². The molecule has 126 valence electrons. The molecule has 2 aromatic heterocycles. The fourth-order valence-electron chi connectivity index (χ4n) is 2.84. The zero-order valence-electron chi connectivity index (χ0n) is 14.1. The summed E-state index contributed by atoms with van der Waals surface area (Å²) in [7, 11) is 0. The lowest BCUT2D eigenvalue weighted by Crippen LogP contribution is -2.32. The lowest BCUT2D eigenvalue weighted by molar-refractivity contribution is 0.0761. The summed E-state index contributed by atoms with van der Waals surface area (Å²) in [4.78, 5) is 14.6. The first-order chi connectivity index (χ1) is 11.7. The summed E-state index contributed by atoms with van der Waals surface area (Å²) < 4.78 is 13.2. The van der Waals surface area contributed by atoms with Gasteiger partial charge in [0.1, 0.15) is 18.1 Å². The smallest absolute Gasteiger partial charge is 0.270 e. The number of furan rings is 1. The summed E-state index contributed by atoms with van der Waals surface area (Å²) in [6, 6.07) is 13.4. The maximum atomic E-state index is 12.8. The van der Waals surface area contributed by atoms with Crippen LogP contribution in [-0.4, -0.2) is 35.1 Å². The van der Waals surface area contributed by atoms with E-state index in [1.54, 1.807) is 6.26 Å². The summed E-state index contributed by atoms with van der Waals surface area (Å²) in [5, 5.41) is 0. The van der Waals surface area contributed by atoms with Gasteiger partial charge in [-0.15, -0.1) is 0 Å². The van der Waals surface area contributed by atoms with E-state index in [1.807, 2.05) is 65.8 Å². The van der Waals surface area contributed by atoms with Crippen LogP contribution in [0.5, 0.6) is 5.75 Å². The van der Waals surface area contributed by atoms with Crippen LogP contribution in [0.2, 0.25) is 0 Å². The first-order valence-corrected chi connectivity index (χ1v) is 8.28. The Morgan fingerprint density at radius 3 is 2.62 bits per heavy atom. The molecule has 0 fully saturated rings. The molecule has 0 aliphatic rings. The minimum absolute atomic E-state index is 0.0195. The molecule has 0 spiro atoms. The van der Waals surface area contributed by atoms with E-state index in [1.165, 1.54) is 0 Å². The third kappa shape index (κ3) is 3.15. The highest BCUT2D eigenvalue weighted by molar-refractivity contribution is 5.97. The Kier molecular flexibility index (Phi) is 4.89. The predicted molar refractivity (Wildman–Crippen MR) is 93.4 cm³/mol. The number of para-hydroxylation sites is 1. The molecule has 0 aliphatic carbocycles. The maximum absolute atomic E-state index is 12.8. The number of fused-ring (bicyclic) bond motifs is 1. The molecule has 3 aromatic rings. The lowest BCUT2D eigenvalue weighted by Gasteiger charge is -2.20. The van der Waals surface area contributed by atoms with Gasteiger partial charge in [0.2, 0.25) is 0 Å². The van der Waals surface area contributed by atoms with Gasteiger partial charge in [0.15, 0.2) is 5.58 Å². The van der Waals surface area contributed by atoms with E-state index in [9.17, 15) is 4.79 Å². The highest BCUT2D eigenvalue weighted by Gasteiger charge is 2.20. The van der Waals surface area contributed by atoms with Gasteiger partial charge in [0, 0.05) is 25.2 Å². The second-order valence-electron chi connectivity index (χ2n) is 5.49. The van der Waals surface area contributed by atoms with Gasteiger partial charge in [-0.3, -0.25) is 4.79 Å². The molecular weight excluding hydrogens is 304 g/mol. The van der Waals surface area contributed by atoms with Gasteiger partial charge in [0.25, 0.3) is 5.91 Å². The van der Waals surface area contributed by atoms with Gasteiger partial charge in [-0.05, 0) is 26.0 Å². The number of aromatic nitrogens is 1. The highest BCUT2D eigenvalue weighted by atomic mass is 16.5. The fourth-order valence-corrected chi connectivity index (χ4v) is 2.84. The number of rotatable bonds is 7. The Labute approximate surface area is 141 Å². The summed E-state index contributed by atoms with van der Waals surface area (Å²) in [5.74, 6) is 0.843. The SMILES string of the molecule is CCN(CC)C(=O)c1cc2occc2n1CCOc1ccccc1. The van der Waals surface area contributed by atoms with Crippen LogP contribution in [0.25, 0.3) is 11.1 Å². The van der Waals surface area contributed by atoms with Crippen molar-refractivity contribution in [1.82, 2.24) is 9.47 Å². The molecule has 0 N–H and O–H groups in total. The van der Waals surface area contributed by atoms with Crippen LogP contribution in [0.1, 0.15) is 24.3 Å². The van der Waals surface area contributed by atoms with E-state index in [2.05, 4.69) is 0 Å². The Morgan fingerprint density at radius 1 is 1.17 bits per heavy atom. The number of amides is 1. The molecule has 0 bridgehead atoms. The quantitative estimate of drug-likeness (QED) is 0.663. The van der Waals surface area contributed by atoms with Crippen LogP contribution >= 0.6 is 0 Å². The minimum Gasteiger partial charge on any atom is -0.492 e. The van der Waals surface area contributed by atoms with Crippen LogP contribution in [0.4, 0.5) is 0 Å². The Hall–Kier alpha value is -2.69. The van der Waals surface area contributed by atoms with Crippen molar-refractivity contribution in [3.63, 3.8) is 0 Å². The molecule has 0 atom stereocenters. The molecule has 5 heteroatoms. The van der Waals surface area contributed by atoms with Crippen molar-refractivity contribution in [2.75, 3.05) is 19.7 Å². The highest BCUT2D eigenvalue weighted by Crippen LogP contribution is 2.22. The van der Waals surface area contributed by atoms with E-state index in [-0.39, 0.29) is 5.91 Å². The largest absolute Gasteiger partial charge is 0.492 e. The normalized spacial score (nSPS) is 10.9. The predicted octanol–water partition coefficient (Wildman–Crippen LogP) is 3.80. The average molecular weight is 326 g/mol. The monoisotopic (exact) mass is 326 g/mol. The molecule has 2 heterocycles. The van der Waals surface area contributed by atoms with Gasteiger partial charge >= 0.3 is 0 Å². The van der Waals surface area contributed by atoms with Crippen molar-refractivity contribution >= 4 is 17.0 Å². The molecule has 3 rings (SSSR count). The van der Waals surface area contributed by atoms with Crippen LogP contribution in [0.3, 0.4) is 0 Å². The van der Waals surface area contributed by atoms with E-state index >= 15 is 0 Å². The average Bonchev–Trinajstić information content (AvgIpc) is 3.19. The van der Waals surface area contributed by atoms with Gasteiger partial charge in [0.05, 0.1) is 18.3 Å². The zero-order valence-corrected chi connectivity index (χ0v) is 14.1. The standard InChI is InChI=1S/C19H22N2O3/c1-3-20(4-2)19(22)17-14-18-16(10-12-24-18)21(17)11-13-23-15-8-6-5-7-9-15/h5-10,12,14H,3-4,11,13H2,1-2H3. The lowest BCUT2D eigenvalue weighted by atomic mass is 10.3. The summed E-state index contributed by atoms with van der Waals surface area (Å²) in [5.41, 5.74) is 2.29. The van der Waals surface area contributed by atoms with Gasteiger partial charge in [-0.2, -0.15) is 0 Å². The van der Waals surface area contributed by atoms with E-state index in [0.717, 1.165) is 16.8 Å². The van der Waals surface area contributed by atoms with E-state index in [4.69, 9.17) is 9.15 Å². The molecule has 0 saturated heterocycles. The molecule has 0 saturated carbocycles. The summed E-state index contributed by atoms with van der Waals surface area (Å²) in [6.07, 6.45) is 1.64. The molecule has 1 aromatic carbocycles. The first-order valence-electron chi connectivity index (χ1n) is 8.28. The van der Waals surface area contributed by atoms with Crippen molar-refractivity contribution < 1.29 is 13.9 Å². The van der Waals surface area contributed by atoms with Crippen LogP contribution in [-0.2, 0) is 6.54 Å². The second-order valence-corrected chi connectivity index (χ2v) is 5.49. The number of nitrogens with zero attached hydrogens (tertiary/aromatic N) is 2. The van der Waals surface area contributed by atoms with Crippen molar-refractivity contribution in [3.8, 4) is 5.75 Å². The minimum atomic E-state index is 0.0195. The maximum Gasteiger partial charge on any atom is 0.270 e. The molecule has 24 heavy (non-hydrogen) atoms. The molecule has 0 radical (unpaired) electrons. The number of ether oxygens (including phenoxy) is 1. The zero-order chi connectivity index (χ0) is 16.9. The van der Waals surface area contributed by atoms with Gasteiger partial charge in [-0.1, -0.05) is 18.2 Å². The third-order valence-corrected chi connectivity index (χ3v) is 4.12. The summed E-state index contributed by atoms with van der Waals surface area (Å²) in [6.45, 7) is 6.40. The fraction of sp³-hybridized carbons (Fsp3) is 0.316. The number of carbonyl (C=O) groups excluding carboxylic acids is 1. The van der Waals surface area contributed by atoms with Crippen LogP contribution in [0, 0.1) is 0 Å². The Bertz CT molecular complexity index is 801. The molecule has 5 nitrogen and oxygen atoms in total. The molecule has 0 aliphatic heterocycles. The number of benzene rings is 1. The first kappa shape index (κ1) is 16.2. The Balaban J connectivity index is 1.81. The van der Waals surface area contributed by atoms with Crippen molar-refractivity contribution in [1.29, 1.82) is 0 Å². The molecule has 0 unspecified atom stereocenters. The topological polar surface area (TPSA) is 47.6 Å². The third-order valence-electron chi connectivity index (χ3n) is 4.12. The van der Waals surface area contributed by atoms with Gasteiger partial charge < -0.3 is 18.6 Å². The Morgan fingerprint density at radius 2 is 1.92 bits per heavy atom. The summed E-state index contributed by atoms with van der Waals surface area (Å²) >= 11 is 0. The van der Waals surface area contributed by atoms with Crippen LogP contribution < -0.4 is 4.74 Å². The number of hydrogen-bond donors (Lipinski definition) is 0. The number of hydrogen-bond acceptors (Lipinski definition) is 3. The second kappa shape index (κ2) is 7.25. The van der Waals surface area contributed by atoms with E-state index in [0.29, 0.717) is 31.9 Å². The number of carbonyl (C=O) groups is 1. The van der Waals surface area contributed by atoms with Crippen molar-refractivity contribution in [2.45, 2.75) is 20.4 Å². The van der Waals surface area contributed by atoms with Crippen molar-refractivity contribution in [2.24, 2.45) is 0 Å². The molecular formula is C19H22N2O3. The molecule has 1 amide bonds. The van der Waals surface area contributed by atoms with Crippen molar-refractivity contribution in [3.05, 3.63) is 54.4 Å². The van der Waals surface area contributed by atoms with Crippen LogP contribution in [0.15, 0.2) is 53.1 Å².